The summed E-state index contributed by atoms with van der Waals surface area (Å²) in [7, 11) is 0. The van der Waals surface area contributed by atoms with Gasteiger partial charge in [-0.2, -0.15) is 0 Å². The zero-order chi connectivity index (χ0) is 13.8. The van der Waals surface area contributed by atoms with E-state index >= 15 is 0 Å². The number of rotatable bonds is 1. The van der Waals surface area contributed by atoms with E-state index in [0.717, 1.165) is 12.5 Å². The van der Waals surface area contributed by atoms with Gasteiger partial charge in [0.05, 0.1) is 6.10 Å². The Morgan fingerprint density at radius 2 is 1.42 bits per heavy atom. The number of benzene rings is 2. The Morgan fingerprint density at radius 3 is 2.00 bits per heavy atom. The highest BCUT2D eigenvalue weighted by Gasteiger charge is 2.36. The fourth-order valence-corrected chi connectivity index (χ4v) is 2.34. The van der Waals surface area contributed by atoms with Crippen molar-refractivity contribution < 1.29 is 15.0 Å². The van der Waals surface area contributed by atoms with Crippen LogP contribution in [0.3, 0.4) is 0 Å². The maximum atomic E-state index is 10.0. The number of hydrogen-bond donors (Lipinski definition) is 2. The van der Waals surface area contributed by atoms with Crippen molar-refractivity contribution in [3.63, 3.8) is 0 Å². The zero-order valence-electron chi connectivity index (χ0n) is 10.7. The van der Waals surface area contributed by atoms with Crippen molar-refractivity contribution in [1.29, 1.82) is 0 Å². The van der Waals surface area contributed by atoms with Crippen LogP contribution in [0.4, 0.5) is 0 Å². The second-order valence-corrected chi connectivity index (χ2v) is 4.48. The second-order valence-electron chi connectivity index (χ2n) is 4.48. The third-order valence-corrected chi connectivity index (χ3v) is 3.12. The van der Waals surface area contributed by atoms with Crippen LogP contribution in [0.15, 0.2) is 54.6 Å². The summed E-state index contributed by atoms with van der Waals surface area (Å²) in [5, 5.41) is 17.4. The first-order chi connectivity index (χ1) is 9.11. The molecule has 0 aliphatic heterocycles. The first-order valence-corrected chi connectivity index (χ1v) is 6.12. The van der Waals surface area contributed by atoms with Crippen LogP contribution in [0.1, 0.15) is 35.6 Å². The summed E-state index contributed by atoms with van der Waals surface area (Å²) in [6.45, 7) is 1.08. The van der Waals surface area contributed by atoms with Gasteiger partial charge in [-0.05, 0) is 16.7 Å². The van der Waals surface area contributed by atoms with E-state index in [1.54, 1.807) is 0 Å². The van der Waals surface area contributed by atoms with Gasteiger partial charge < -0.3 is 10.2 Å². The summed E-state index contributed by atoms with van der Waals surface area (Å²) in [5.74, 6) is -0.664. The quantitative estimate of drug-likeness (QED) is 0.824. The van der Waals surface area contributed by atoms with Gasteiger partial charge >= 0.3 is 0 Å². The van der Waals surface area contributed by atoms with E-state index in [0.29, 0.717) is 0 Å². The summed E-state index contributed by atoms with van der Waals surface area (Å²) >= 11 is 0. The van der Waals surface area contributed by atoms with E-state index < -0.39 is 5.97 Å². The number of aliphatic carboxylic acids is 1. The monoisotopic (exact) mass is 256 g/mol. The van der Waals surface area contributed by atoms with Crippen molar-refractivity contribution in [2.24, 2.45) is 0 Å². The molecule has 0 amide bonds. The van der Waals surface area contributed by atoms with Gasteiger partial charge in [0, 0.05) is 12.8 Å². The number of carboxylic acids is 1. The SMILES string of the molecule is CC(=O)O.OC1c2ccccc2C1c1ccccc1. The van der Waals surface area contributed by atoms with Gasteiger partial charge in [-0.3, -0.25) is 4.79 Å². The minimum atomic E-state index is -0.833. The van der Waals surface area contributed by atoms with Crippen molar-refractivity contribution in [2.45, 2.75) is 18.9 Å². The van der Waals surface area contributed by atoms with Crippen LogP contribution < -0.4 is 0 Å². The number of hydrogen-bond acceptors (Lipinski definition) is 2. The molecule has 3 nitrogen and oxygen atoms in total. The van der Waals surface area contributed by atoms with Crippen molar-refractivity contribution in [2.75, 3.05) is 0 Å². The largest absolute Gasteiger partial charge is 0.481 e. The Kier molecular flexibility index (Phi) is 3.97. The average Bonchev–Trinajstić information content (AvgIpc) is 2.39. The lowest BCUT2D eigenvalue weighted by Crippen LogP contribution is -2.24. The smallest absolute Gasteiger partial charge is 0.300 e. The molecule has 0 saturated heterocycles. The normalized spacial score (nSPS) is 19.5. The molecule has 0 aromatic heterocycles. The molecule has 2 atom stereocenters. The van der Waals surface area contributed by atoms with Crippen LogP contribution in [0.5, 0.6) is 0 Å². The number of aliphatic hydroxyl groups excluding tert-OH is 1. The highest BCUT2D eigenvalue weighted by Crippen LogP contribution is 2.48. The van der Waals surface area contributed by atoms with Crippen LogP contribution in [-0.4, -0.2) is 16.2 Å². The predicted molar refractivity (Wildman–Crippen MR) is 73.0 cm³/mol. The van der Waals surface area contributed by atoms with E-state index in [1.165, 1.54) is 11.1 Å². The van der Waals surface area contributed by atoms with Crippen LogP contribution >= 0.6 is 0 Å². The van der Waals surface area contributed by atoms with Gasteiger partial charge in [0.2, 0.25) is 0 Å². The molecular weight excluding hydrogens is 240 g/mol. The maximum absolute atomic E-state index is 10.0. The lowest BCUT2D eigenvalue weighted by Gasteiger charge is -2.36. The molecule has 19 heavy (non-hydrogen) atoms. The number of fused-ring (bicyclic) bond motifs is 1. The lowest BCUT2D eigenvalue weighted by atomic mass is 9.71. The summed E-state index contributed by atoms with van der Waals surface area (Å²) < 4.78 is 0. The molecule has 0 fully saturated rings. The molecule has 3 rings (SSSR count). The highest BCUT2D eigenvalue weighted by molar-refractivity contribution is 5.62. The molecule has 0 radical (unpaired) electrons. The van der Waals surface area contributed by atoms with E-state index in [1.807, 2.05) is 36.4 Å². The van der Waals surface area contributed by atoms with Crippen LogP contribution in [-0.2, 0) is 4.79 Å². The van der Waals surface area contributed by atoms with E-state index in [4.69, 9.17) is 9.90 Å². The Bertz CT molecular complexity index is 559. The van der Waals surface area contributed by atoms with Gasteiger partial charge in [0.25, 0.3) is 5.97 Å². The molecule has 2 aromatic carbocycles. The Labute approximate surface area is 112 Å². The predicted octanol–water partition coefficient (Wildman–Crippen LogP) is 2.96. The molecule has 1 aliphatic carbocycles. The Balaban J connectivity index is 0.000000297. The first kappa shape index (κ1) is 13.3. The fraction of sp³-hybridized carbons (Fsp3) is 0.188. The van der Waals surface area contributed by atoms with Gasteiger partial charge in [-0.25, -0.2) is 0 Å². The average molecular weight is 256 g/mol. The molecule has 0 bridgehead atoms. The molecule has 2 N–H and O–H groups in total. The molecule has 2 unspecified atom stereocenters. The molecule has 98 valence electrons. The topological polar surface area (TPSA) is 57.5 Å². The van der Waals surface area contributed by atoms with Crippen molar-refractivity contribution in [1.82, 2.24) is 0 Å². The standard InChI is InChI=1S/C14H12O.C2H4O2/c15-14-12-9-5-4-8-11(12)13(14)10-6-2-1-3-7-10;1-2(3)4/h1-9,13-15H;1H3,(H,3,4). The highest BCUT2D eigenvalue weighted by atomic mass is 16.4. The van der Waals surface area contributed by atoms with Crippen molar-refractivity contribution in [3.05, 3.63) is 71.3 Å². The summed E-state index contributed by atoms with van der Waals surface area (Å²) in [6, 6.07) is 18.3. The summed E-state index contributed by atoms with van der Waals surface area (Å²) in [5.41, 5.74) is 3.53. The van der Waals surface area contributed by atoms with Gasteiger partial charge in [-0.1, -0.05) is 54.6 Å². The molecule has 3 heteroatoms. The molecule has 0 spiro atoms. The van der Waals surface area contributed by atoms with E-state index in [-0.39, 0.29) is 12.0 Å². The Hall–Kier alpha value is -2.13. The van der Waals surface area contributed by atoms with Crippen molar-refractivity contribution >= 4 is 5.97 Å². The number of carboxylic acid groups (broad SMARTS) is 1. The molecule has 0 saturated carbocycles. The molecular formula is C16H16O3. The third-order valence-electron chi connectivity index (χ3n) is 3.12. The first-order valence-electron chi connectivity index (χ1n) is 6.12. The number of aliphatic hydroxyl groups is 1. The maximum Gasteiger partial charge on any atom is 0.300 e. The molecule has 2 aromatic rings. The lowest BCUT2D eigenvalue weighted by molar-refractivity contribution is -0.134. The van der Waals surface area contributed by atoms with Gasteiger partial charge in [0.15, 0.2) is 0 Å². The Morgan fingerprint density at radius 1 is 0.947 bits per heavy atom. The fourth-order valence-electron chi connectivity index (χ4n) is 2.34. The molecule has 1 aliphatic rings. The van der Waals surface area contributed by atoms with Gasteiger partial charge in [0.1, 0.15) is 0 Å². The third kappa shape index (κ3) is 2.83. The summed E-state index contributed by atoms with van der Waals surface area (Å²) in [6.07, 6.45) is -0.330. The van der Waals surface area contributed by atoms with Gasteiger partial charge in [-0.15, -0.1) is 0 Å². The number of carbonyl (C=O) groups is 1. The van der Waals surface area contributed by atoms with Crippen LogP contribution in [0.25, 0.3) is 0 Å². The zero-order valence-corrected chi connectivity index (χ0v) is 10.7. The summed E-state index contributed by atoms with van der Waals surface area (Å²) in [4.78, 5) is 9.00. The minimum absolute atomic E-state index is 0.169. The van der Waals surface area contributed by atoms with Crippen LogP contribution in [0, 0.1) is 0 Å². The minimum Gasteiger partial charge on any atom is -0.481 e. The van der Waals surface area contributed by atoms with E-state index in [9.17, 15) is 5.11 Å². The second kappa shape index (κ2) is 5.67. The van der Waals surface area contributed by atoms with Crippen molar-refractivity contribution in [3.8, 4) is 0 Å². The molecule has 0 heterocycles. The van der Waals surface area contributed by atoms with E-state index in [2.05, 4.69) is 18.2 Å². The van der Waals surface area contributed by atoms with Crippen LogP contribution in [0.2, 0.25) is 0 Å².